The summed E-state index contributed by atoms with van der Waals surface area (Å²) in [5, 5.41) is 7.65. The molecule has 3 N–H and O–H groups in total. The number of methoxy groups -OCH3 is 1. The van der Waals surface area contributed by atoms with Gasteiger partial charge in [-0.2, -0.15) is 0 Å². The zero-order chi connectivity index (χ0) is 20.1. The molecule has 3 rings (SSSR count). The van der Waals surface area contributed by atoms with Gasteiger partial charge >= 0.3 is 0 Å². The van der Waals surface area contributed by atoms with Gasteiger partial charge in [0.15, 0.2) is 5.78 Å². The Morgan fingerprint density at radius 3 is 2.50 bits per heavy atom. The van der Waals surface area contributed by atoms with Crippen molar-refractivity contribution in [3.8, 4) is 5.75 Å². The van der Waals surface area contributed by atoms with Crippen molar-refractivity contribution >= 4 is 29.2 Å². The van der Waals surface area contributed by atoms with Gasteiger partial charge < -0.3 is 20.7 Å². The zero-order valence-corrected chi connectivity index (χ0v) is 15.2. The molecule has 0 aliphatic carbocycles. The highest BCUT2D eigenvalue weighted by Gasteiger charge is 2.29. The fourth-order valence-corrected chi connectivity index (χ4v) is 2.77. The third-order valence-electron chi connectivity index (χ3n) is 4.30. The van der Waals surface area contributed by atoms with Crippen LogP contribution >= 0.6 is 0 Å². The summed E-state index contributed by atoms with van der Waals surface area (Å²) in [5.74, 6) is -1.11. The molecule has 0 bridgehead atoms. The number of hydrogen-bond donors (Lipinski definition) is 3. The van der Waals surface area contributed by atoms with Crippen molar-refractivity contribution in [2.45, 2.75) is 12.5 Å². The molecule has 1 aliphatic rings. The molecule has 0 saturated carbocycles. The van der Waals surface area contributed by atoms with Crippen LogP contribution in [0.2, 0.25) is 0 Å². The molecule has 1 aliphatic heterocycles. The van der Waals surface area contributed by atoms with Crippen LogP contribution in [0.4, 0.5) is 5.69 Å². The second-order valence-corrected chi connectivity index (χ2v) is 6.19. The van der Waals surface area contributed by atoms with Crippen LogP contribution in [-0.2, 0) is 9.59 Å². The van der Waals surface area contributed by atoms with Gasteiger partial charge in [0, 0.05) is 5.56 Å². The minimum Gasteiger partial charge on any atom is -0.497 e. The van der Waals surface area contributed by atoms with Crippen molar-refractivity contribution in [2.75, 3.05) is 19.0 Å². The van der Waals surface area contributed by atoms with Gasteiger partial charge in [0.1, 0.15) is 11.8 Å². The number of para-hydroxylation sites is 1. The first-order valence-electron chi connectivity index (χ1n) is 8.62. The normalized spacial score (nSPS) is 15.5. The first-order valence-corrected chi connectivity index (χ1v) is 8.62. The Morgan fingerprint density at radius 2 is 1.79 bits per heavy atom. The molecule has 144 valence electrons. The second kappa shape index (κ2) is 8.34. The monoisotopic (exact) mass is 381 g/mol. The van der Waals surface area contributed by atoms with Gasteiger partial charge in [0.25, 0.3) is 5.91 Å². The Bertz CT molecular complexity index is 924. The lowest BCUT2D eigenvalue weighted by Gasteiger charge is -2.14. The molecule has 0 unspecified atom stereocenters. The molecular formula is C20H19N3O5. The highest BCUT2D eigenvalue weighted by molar-refractivity contribution is 6.10. The number of rotatable bonds is 6. The summed E-state index contributed by atoms with van der Waals surface area (Å²) >= 11 is 0. The van der Waals surface area contributed by atoms with E-state index in [-0.39, 0.29) is 18.7 Å². The average Bonchev–Trinajstić information content (AvgIpc) is 2.82. The van der Waals surface area contributed by atoms with Crippen LogP contribution in [0.15, 0.2) is 48.5 Å². The van der Waals surface area contributed by atoms with Crippen LogP contribution in [0.1, 0.15) is 27.1 Å². The number of carbonyl (C=O) groups is 4. The zero-order valence-electron chi connectivity index (χ0n) is 15.2. The number of anilines is 1. The van der Waals surface area contributed by atoms with Crippen molar-refractivity contribution < 1.29 is 23.9 Å². The van der Waals surface area contributed by atoms with Gasteiger partial charge in [-0.1, -0.05) is 12.1 Å². The van der Waals surface area contributed by atoms with E-state index in [1.807, 2.05) is 0 Å². The molecule has 1 heterocycles. The van der Waals surface area contributed by atoms with Crippen LogP contribution in [0, 0.1) is 0 Å². The number of hydrogen-bond acceptors (Lipinski definition) is 5. The van der Waals surface area contributed by atoms with Gasteiger partial charge in [0.05, 0.1) is 31.3 Å². The maximum Gasteiger partial charge on any atom is 0.254 e. The van der Waals surface area contributed by atoms with Crippen LogP contribution in [0.25, 0.3) is 0 Å². The van der Waals surface area contributed by atoms with E-state index in [0.29, 0.717) is 22.6 Å². The van der Waals surface area contributed by atoms with E-state index in [4.69, 9.17) is 4.74 Å². The van der Waals surface area contributed by atoms with Crippen molar-refractivity contribution in [1.29, 1.82) is 0 Å². The van der Waals surface area contributed by atoms with E-state index in [1.54, 1.807) is 48.5 Å². The molecule has 3 amide bonds. The molecule has 2 aromatic carbocycles. The number of carbonyl (C=O) groups excluding carboxylic acids is 4. The SMILES string of the molecule is COc1ccc(C(=O)CNC(=O)C[C@H]2NC(=O)c3ccccc3NC2=O)cc1. The highest BCUT2D eigenvalue weighted by Crippen LogP contribution is 2.18. The lowest BCUT2D eigenvalue weighted by molar-refractivity contribution is -0.125. The van der Waals surface area contributed by atoms with Crippen molar-refractivity contribution in [2.24, 2.45) is 0 Å². The molecular weight excluding hydrogens is 362 g/mol. The Labute approximate surface area is 161 Å². The smallest absolute Gasteiger partial charge is 0.254 e. The molecule has 0 spiro atoms. The fourth-order valence-electron chi connectivity index (χ4n) is 2.77. The molecule has 0 saturated heterocycles. The summed E-state index contributed by atoms with van der Waals surface area (Å²) < 4.78 is 5.03. The summed E-state index contributed by atoms with van der Waals surface area (Å²) in [6, 6.07) is 12.1. The summed E-state index contributed by atoms with van der Waals surface area (Å²) in [6.45, 7) is -0.215. The predicted octanol–water partition coefficient (Wildman–Crippen LogP) is 1.13. The van der Waals surface area contributed by atoms with E-state index in [2.05, 4.69) is 16.0 Å². The third kappa shape index (κ3) is 4.35. The fraction of sp³-hybridized carbons (Fsp3) is 0.200. The molecule has 0 radical (unpaired) electrons. The number of benzene rings is 2. The first kappa shape index (κ1) is 19.1. The van der Waals surface area contributed by atoms with Crippen LogP contribution in [0.3, 0.4) is 0 Å². The maximum absolute atomic E-state index is 12.3. The Balaban J connectivity index is 1.56. The number of amides is 3. The molecule has 0 aromatic heterocycles. The quantitative estimate of drug-likeness (QED) is 0.649. The standard InChI is InChI=1S/C20H19N3O5/c1-28-13-8-6-12(7-9-13)17(24)11-21-18(25)10-16-20(27)22-15-5-3-2-4-14(15)19(26)23-16/h2-9,16H,10-11H2,1H3,(H,21,25)(H,22,27)(H,23,26)/t16-/m1/s1. The number of fused-ring (bicyclic) bond motifs is 1. The summed E-state index contributed by atoms with van der Waals surface area (Å²) in [6.07, 6.45) is -0.276. The van der Waals surface area contributed by atoms with Gasteiger partial charge in [-0.3, -0.25) is 19.2 Å². The average molecular weight is 381 g/mol. The molecule has 28 heavy (non-hydrogen) atoms. The summed E-state index contributed by atoms with van der Waals surface area (Å²) in [5.41, 5.74) is 1.15. The summed E-state index contributed by atoms with van der Waals surface area (Å²) in [7, 11) is 1.53. The topological polar surface area (TPSA) is 114 Å². The predicted molar refractivity (Wildman–Crippen MR) is 101 cm³/mol. The van der Waals surface area contributed by atoms with Gasteiger partial charge in [-0.05, 0) is 36.4 Å². The number of nitrogens with one attached hydrogen (secondary N) is 3. The Morgan fingerprint density at radius 1 is 1.07 bits per heavy atom. The Hall–Kier alpha value is -3.68. The molecule has 1 atom stereocenters. The van der Waals surface area contributed by atoms with E-state index in [0.717, 1.165) is 0 Å². The molecule has 8 nitrogen and oxygen atoms in total. The van der Waals surface area contributed by atoms with Crippen LogP contribution < -0.4 is 20.7 Å². The van der Waals surface area contributed by atoms with Gasteiger partial charge in [0.2, 0.25) is 11.8 Å². The minimum atomic E-state index is -1.03. The van der Waals surface area contributed by atoms with E-state index in [9.17, 15) is 19.2 Å². The van der Waals surface area contributed by atoms with E-state index in [1.165, 1.54) is 7.11 Å². The second-order valence-electron chi connectivity index (χ2n) is 6.19. The molecule has 8 heteroatoms. The van der Waals surface area contributed by atoms with E-state index >= 15 is 0 Å². The maximum atomic E-state index is 12.3. The highest BCUT2D eigenvalue weighted by atomic mass is 16.5. The lowest BCUT2D eigenvalue weighted by Crippen LogP contribution is -2.45. The number of Topliss-reactive ketones (excluding diaryl/α,β-unsaturated/α-hetero) is 1. The lowest BCUT2D eigenvalue weighted by atomic mass is 10.1. The van der Waals surface area contributed by atoms with Gasteiger partial charge in [-0.25, -0.2) is 0 Å². The molecule has 0 fully saturated rings. The van der Waals surface area contributed by atoms with Crippen molar-refractivity contribution in [3.05, 3.63) is 59.7 Å². The third-order valence-corrected chi connectivity index (χ3v) is 4.30. The Kier molecular flexibility index (Phi) is 5.69. The largest absolute Gasteiger partial charge is 0.497 e. The number of ketones is 1. The van der Waals surface area contributed by atoms with Crippen LogP contribution in [0.5, 0.6) is 5.75 Å². The van der Waals surface area contributed by atoms with Crippen molar-refractivity contribution in [3.63, 3.8) is 0 Å². The van der Waals surface area contributed by atoms with E-state index < -0.39 is 23.8 Å². The molecule has 2 aromatic rings. The van der Waals surface area contributed by atoms with Crippen molar-refractivity contribution in [1.82, 2.24) is 10.6 Å². The van der Waals surface area contributed by atoms with Gasteiger partial charge in [-0.15, -0.1) is 0 Å². The summed E-state index contributed by atoms with van der Waals surface area (Å²) in [4.78, 5) is 48.9. The minimum absolute atomic E-state index is 0.215. The van der Waals surface area contributed by atoms with Crippen LogP contribution in [-0.4, -0.2) is 43.2 Å². The number of ether oxygens (including phenoxy) is 1. The first-order chi connectivity index (χ1) is 13.5.